The standard InChI is InChI=1S/C13H14ClN3O2S/c1-2-13-16-11(17-19-13)7-20-8-12(18)15-10-6-4-3-5-9(10)14/h3-6H,2,7-8H2,1H3,(H,15,18). The van der Waals surface area contributed by atoms with Gasteiger partial charge in [-0.05, 0) is 12.1 Å². The van der Waals surface area contributed by atoms with Gasteiger partial charge in [-0.2, -0.15) is 4.98 Å². The van der Waals surface area contributed by atoms with E-state index in [0.717, 1.165) is 0 Å². The molecule has 0 fully saturated rings. The number of thioether (sulfide) groups is 1. The molecule has 0 saturated carbocycles. The third kappa shape index (κ3) is 4.25. The van der Waals surface area contributed by atoms with Gasteiger partial charge in [-0.25, -0.2) is 0 Å². The second kappa shape index (κ2) is 7.31. The summed E-state index contributed by atoms with van der Waals surface area (Å²) >= 11 is 7.39. The third-order valence-corrected chi connectivity index (χ3v) is 3.68. The molecule has 0 saturated heterocycles. The van der Waals surface area contributed by atoms with Crippen molar-refractivity contribution in [3.8, 4) is 0 Å². The van der Waals surface area contributed by atoms with E-state index in [4.69, 9.17) is 16.1 Å². The average molecular weight is 312 g/mol. The number of hydrogen-bond acceptors (Lipinski definition) is 5. The molecule has 1 N–H and O–H groups in total. The Bertz CT molecular complexity index is 589. The highest BCUT2D eigenvalue weighted by Crippen LogP contribution is 2.20. The molecule has 106 valence electrons. The normalized spacial score (nSPS) is 10.5. The van der Waals surface area contributed by atoms with Crippen LogP contribution in [0.15, 0.2) is 28.8 Å². The van der Waals surface area contributed by atoms with Gasteiger partial charge in [-0.1, -0.05) is 35.8 Å². The number of para-hydroxylation sites is 1. The van der Waals surface area contributed by atoms with E-state index in [1.165, 1.54) is 11.8 Å². The molecular formula is C13H14ClN3O2S. The Balaban J connectivity index is 1.77. The van der Waals surface area contributed by atoms with Gasteiger partial charge >= 0.3 is 0 Å². The molecule has 1 aromatic heterocycles. The van der Waals surface area contributed by atoms with Gasteiger partial charge in [0.2, 0.25) is 11.8 Å². The van der Waals surface area contributed by atoms with Gasteiger partial charge in [-0.3, -0.25) is 4.79 Å². The van der Waals surface area contributed by atoms with E-state index in [1.54, 1.807) is 12.1 Å². The Hall–Kier alpha value is -1.53. The smallest absolute Gasteiger partial charge is 0.234 e. The average Bonchev–Trinajstić information content (AvgIpc) is 2.89. The van der Waals surface area contributed by atoms with E-state index >= 15 is 0 Å². The molecule has 0 unspecified atom stereocenters. The fourth-order valence-corrected chi connectivity index (χ4v) is 2.32. The van der Waals surface area contributed by atoms with Gasteiger partial charge < -0.3 is 9.84 Å². The minimum Gasteiger partial charge on any atom is -0.339 e. The number of carbonyl (C=O) groups excluding carboxylic acids is 1. The Labute approximate surface area is 126 Å². The summed E-state index contributed by atoms with van der Waals surface area (Å²) in [7, 11) is 0. The molecule has 0 spiro atoms. The molecule has 0 radical (unpaired) electrons. The van der Waals surface area contributed by atoms with E-state index in [1.807, 2.05) is 19.1 Å². The zero-order valence-electron chi connectivity index (χ0n) is 10.9. The molecule has 5 nitrogen and oxygen atoms in total. The van der Waals surface area contributed by atoms with Crippen LogP contribution in [0.2, 0.25) is 5.02 Å². The number of nitrogens with zero attached hydrogens (tertiary/aromatic N) is 2. The molecule has 2 aromatic rings. The van der Waals surface area contributed by atoms with Gasteiger partial charge in [0.15, 0.2) is 5.82 Å². The van der Waals surface area contributed by atoms with Crippen LogP contribution in [0.1, 0.15) is 18.6 Å². The zero-order valence-corrected chi connectivity index (χ0v) is 12.5. The fourth-order valence-electron chi connectivity index (χ4n) is 1.48. The quantitative estimate of drug-likeness (QED) is 0.887. The predicted molar refractivity (Wildman–Crippen MR) is 79.9 cm³/mol. The number of hydrogen-bond donors (Lipinski definition) is 1. The summed E-state index contributed by atoms with van der Waals surface area (Å²) in [5.41, 5.74) is 0.618. The lowest BCUT2D eigenvalue weighted by Crippen LogP contribution is -2.14. The van der Waals surface area contributed by atoms with Crippen molar-refractivity contribution < 1.29 is 9.32 Å². The van der Waals surface area contributed by atoms with E-state index in [9.17, 15) is 4.79 Å². The van der Waals surface area contributed by atoms with Crippen molar-refractivity contribution >= 4 is 35.0 Å². The first-order valence-electron chi connectivity index (χ1n) is 6.12. The minimum absolute atomic E-state index is 0.109. The molecule has 0 aliphatic carbocycles. The number of amides is 1. The molecule has 1 aromatic carbocycles. The van der Waals surface area contributed by atoms with Crippen LogP contribution in [-0.2, 0) is 17.0 Å². The van der Waals surface area contributed by atoms with E-state index in [0.29, 0.717) is 40.4 Å². The topological polar surface area (TPSA) is 68.0 Å². The van der Waals surface area contributed by atoms with Crippen LogP contribution in [0.25, 0.3) is 0 Å². The van der Waals surface area contributed by atoms with Crippen LogP contribution < -0.4 is 5.32 Å². The number of anilines is 1. The molecule has 7 heteroatoms. The number of halogens is 1. The lowest BCUT2D eigenvalue weighted by atomic mass is 10.3. The Morgan fingerprint density at radius 3 is 2.95 bits per heavy atom. The summed E-state index contributed by atoms with van der Waals surface area (Å²) in [6, 6.07) is 7.13. The highest BCUT2D eigenvalue weighted by atomic mass is 35.5. The minimum atomic E-state index is -0.109. The maximum atomic E-state index is 11.8. The van der Waals surface area contributed by atoms with Gasteiger partial charge in [-0.15, -0.1) is 11.8 Å². The van der Waals surface area contributed by atoms with Crippen molar-refractivity contribution in [1.82, 2.24) is 10.1 Å². The maximum absolute atomic E-state index is 11.8. The molecule has 0 aliphatic rings. The summed E-state index contributed by atoms with van der Waals surface area (Å²) in [5, 5.41) is 7.10. The van der Waals surface area contributed by atoms with Crippen molar-refractivity contribution in [2.24, 2.45) is 0 Å². The van der Waals surface area contributed by atoms with Gasteiger partial charge in [0, 0.05) is 6.42 Å². The van der Waals surface area contributed by atoms with Crippen LogP contribution in [0.5, 0.6) is 0 Å². The summed E-state index contributed by atoms with van der Waals surface area (Å²) in [5.74, 6) is 1.96. The SMILES string of the molecule is CCc1nc(CSCC(=O)Nc2ccccc2Cl)no1. The van der Waals surface area contributed by atoms with Crippen molar-refractivity contribution in [2.75, 3.05) is 11.1 Å². The van der Waals surface area contributed by atoms with E-state index in [2.05, 4.69) is 15.5 Å². The van der Waals surface area contributed by atoms with Crippen LogP contribution in [0.3, 0.4) is 0 Å². The highest BCUT2D eigenvalue weighted by molar-refractivity contribution is 7.99. The lowest BCUT2D eigenvalue weighted by molar-refractivity contribution is -0.113. The van der Waals surface area contributed by atoms with Crippen molar-refractivity contribution in [2.45, 2.75) is 19.1 Å². The van der Waals surface area contributed by atoms with Crippen molar-refractivity contribution in [1.29, 1.82) is 0 Å². The molecule has 0 bridgehead atoms. The fraction of sp³-hybridized carbons (Fsp3) is 0.308. The first kappa shape index (κ1) is 14.9. The molecule has 2 rings (SSSR count). The lowest BCUT2D eigenvalue weighted by Gasteiger charge is -2.05. The summed E-state index contributed by atoms with van der Waals surface area (Å²) in [4.78, 5) is 15.9. The number of nitrogens with one attached hydrogen (secondary N) is 1. The number of carbonyl (C=O) groups is 1. The van der Waals surface area contributed by atoms with Crippen molar-refractivity contribution in [3.05, 3.63) is 41.0 Å². The van der Waals surface area contributed by atoms with Gasteiger partial charge in [0.05, 0.1) is 22.2 Å². The first-order valence-corrected chi connectivity index (χ1v) is 7.66. The van der Waals surface area contributed by atoms with E-state index in [-0.39, 0.29) is 5.91 Å². The molecule has 1 heterocycles. The Morgan fingerprint density at radius 1 is 1.45 bits per heavy atom. The summed E-state index contributed by atoms with van der Waals surface area (Å²) in [6.07, 6.45) is 0.713. The predicted octanol–water partition coefficient (Wildman–Crippen LogP) is 3.16. The zero-order chi connectivity index (χ0) is 14.4. The number of rotatable bonds is 6. The van der Waals surface area contributed by atoms with Gasteiger partial charge in [0.1, 0.15) is 0 Å². The number of benzene rings is 1. The first-order chi connectivity index (χ1) is 9.69. The monoisotopic (exact) mass is 311 g/mol. The summed E-state index contributed by atoms with van der Waals surface area (Å²) in [6.45, 7) is 1.95. The van der Waals surface area contributed by atoms with Gasteiger partial charge in [0.25, 0.3) is 0 Å². The van der Waals surface area contributed by atoms with Crippen LogP contribution in [0, 0.1) is 0 Å². The molecule has 1 amide bonds. The molecule has 20 heavy (non-hydrogen) atoms. The van der Waals surface area contributed by atoms with Crippen LogP contribution in [-0.4, -0.2) is 21.8 Å². The molecule has 0 atom stereocenters. The van der Waals surface area contributed by atoms with Crippen LogP contribution in [0.4, 0.5) is 5.69 Å². The molecular weight excluding hydrogens is 298 g/mol. The molecule has 0 aliphatic heterocycles. The number of aryl methyl sites for hydroxylation is 1. The highest BCUT2D eigenvalue weighted by Gasteiger charge is 2.08. The van der Waals surface area contributed by atoms with Crippen molar-refractivity contribution in [3.63, 3.8) is 0 Å². The number of aromatic nitrogens is 2. The van der Waals surface area contributed by atoms with Crippen LogP contribution >= 0.6 is 23.4 Å². The maximum Gasteiger partial charge on any atom is 0.234 e. The second-order valence-corrected chi connectivity index (χ2v) is 5.37. The van der Waals surface area contributed by atoms with E-state index < -0.39 is 0 Å². The third-order valence-electron chi connectivity index (χ3n) is 2.42. The second-order valence-electron chi connectivity index (χ2n) is 3.98. The summed E-state index contributed by atoms with van der Waals surface area (Å²) < 4.78 is 4.99. The largest absolute Gasteiger partial charge is 0.339 e. The Kier molecular flexibility index (Phi) is 5.43. The Morgan fingerprint density at radius 2 is 2.25 bits per heavy atom.